The van der Waals surface area contributed by atoms with Gasteiger partial charge in [0.25, 0.3) is 0 Å². The minimum atomic E-state index is -3.66. The van der Waals surface area contributed by atoms with Gasteiger partial charge in [-0.15, -0.1) is 0 Å². The number of carbonyl (C=O) groups excluding carboxylic acids is 1. The Balaban J connectivity index is 2.50. The van der Waals surface area contributed by atoms with E-state index < -0.39 is 16.1 Å². The Labute approximate surface area is 168 Å². The van der Waals surface area contributed by atoms with Gasteiger partial charge in [-0.05, 0) is 69.4 Å². The van der Waals surface area contributed by atoms with Gasteiger partial charge in [0.2, 0.25) is 15.9 Å². The van der Waals surface area contributed by atoms with E-state index in [4.69, 9.17) is 0 Å². The maximum atomic E-state index is 13.2. The van der Waals surface area contributed by atoms with Crippen LogP contribution in [0.15, 0.2) is 30.3 Å². The van der Waals surface area contributed by atoms with Crippen LogP contribution in [0.2, 0.25) is 0 Å². The predicted octanol–water partition coefficient (Wildman–Crippen LogP) is 4.41. The van der Waals surface area contributed by atoms with Crippen LogP contribution in [0.5, 0.6) is 0 Å². The Hall–Kier alpha value is -2.34. The number of sulfonamides is 1. The fourth-order valence-electron chi connectivity index (χ4n) is 3.58. The molecule has 5 nitrogen and oxygen atoms in total. The molecule has 6 heteroatoms. The molecule has 0 saturated carbocycles. The number of carbonyl (C=O) groups is 1. The van der Waals surface area contributed by atoms with E-state index in [1.54, 1.807) is 0 Å². The lowest BCUT2D eigenvalue weighted by Gasteiger charge is -2.31. The molecule has 0 radical (unpaired) electrons. The van der Waals surface area contributed by atoms with Gasteiger partial charge in [0, 0.05) is 5.69 Å². The zero-order valence-corrected chi connectivity index (χ0v) is 18.6. The average Bonchev–Trinajstić information content (AvgIpc) is 2.57. The molecule has 0 aliphatic rings. The van der Waals surface area contributed by atoms with E-state index in [-0.39, 0.29) is 5.91 Å². The zero-order valence-electron chi connectivity index (χ0n) is 17.8. The normalized spacial score (nSPS) is 12.5. The summed E-state index contributed by atoms with van der Waals surface area (Å²) >= 11 is 0. The van der Waals surface area contributed by atoms with Gasteiger partial charge >= 0.3 is 0 Å². The third kappa shape index (κ3) is 4.73. The summed E-state index contributed by atoms with van der Waals surface area (Å²) < 4.78 is 26.6. The zero-order chi connectivity index (χ0) is 21.2. The summed E-state index contributed by atoms with van der Waals surface area (Å²) in [7, 11) is -3.66. The van der Waals surface area contributed by atoms with Crippen molar-refractivity contribution in [1.29, 1.82) is 0 Å². The molecule has 0 aliphatic carbocycles. The van der Waals surface area contributed by atoms with Crippen molar-refractivity contribution < 1.29 is 13.2 Å². The first kappa shape index (κ1) is 22.0. The summed E-state index contributed by atoms with van der Waals surface area (Å²) in [5.41, 5.74) is 6.06. The molecule has 0 bridgehead atoms. The molecular formula is C22H30N2O3S. The van der Waals surface area contributed by atoms with Crippen LogP contribution in [0.25, 0.3) is 0 Å². The molecule has 0 heterocycles. The number of benzene rings is 2. The second-order valence-electron chi connectivity index (χ2n) is 7.54. The van der Waals surface area contributed by atoms with Crippen molar-refractivity contribution in [2.24, 2.45) is 0 Å². The lowest BCUT2D eigenvalue weighted by Crippen LogP contribution is -2.47. The molecule has 1 N–H and O–H groups in total. The number of nitrogens with one attached hydrogen (secondary N) is 1. The Kier molecular flexibility index (Phi) is 6.55. The molecule has 2 aromatic carbocycles. The molecule has 0 saturated heterocycles. The lowest BCUT2D eigenvalue weighted by molar-refractivity contribution is -0.117. The van der Waals surface area contributed by atoms with Crippen molar-refractivity contribution in [3.8, 4) is 0 Å². The summed E-state index contributed by atoms with van der Waals surface area (Å²) in [5.74, 6) is -0.330. The van der Waals surface area contributed by atoms with Crippen molar-refractivity contribution in [2.45, 2.75) is 54.0 Å². The summed E-state index contributed by atoms with van der Waals surface area (Å²) in [5, 5.41) is 2.97. The molecule has 28 heavy (non-hydrogen) atoms. The SMILES string of the molecule is CC[C@H](C(=O)Nc1c(C)cc(C)cc1C)N(c1cc(C)ccc1C)S(C)(=O)=O. The van der Waals surface area contributed by atoms with E-state index in [0.29, 0.717) is 12.1 Å². The first-order valence-corrected chi connectivity index (χ1v) is 11.3. The quantitative estimate of drug-likeness (QED) is 0.778. The maximum absolute atomic E-state index is 13.2. The monoisotopic (exact) mass is 402 g/mol. The van der Waals surface area contributed by atoms with E-state index in [9.17, 15) is 13.2 Å². The molecule has 0 spiro atoms. The highest BCUT2D eigenvalue weighted by molar-refractivity contribution is 7.92. The Morgan fingerprint density at radius 1 is 0.964 bits per heavy atom. The topological polar surface area (TPSA) is 66.5 Å². The van der Waals surface area contributed by atoms with Gasteiger partial charge in [-0.2, -0.15) is 0 Å². The van der Waals surface area contributed by atoms with Crippen LogP contribution in [0.1, 0.15) is 41.2 Å². The second kappa shape index (κ2) is 8.35. The Morgan fingerprint density at radius 2 is 1.54 bits per heavy atom. The number of hydrogen-bond donors (Lipinski definition) is 1. The largest absolute Gasteiger partial charge is 0.324 e. The fraction of sp³-hybridized carbons (Fsp3) is 0.409. The van der Waals surface area contributed by atoms with Gasteiger partial charge < -0.3 is 5.32 Å². The smallest absolute Gasteiger partial charge is 0.248 e. The van der Waals surface area contributed by atoms with Gasteiger partial charge in [-0.25, -0.2) is 8.42 Å². The molecule has 1 atom stereocenters. The molecule has 1 amide bonds. The molecule has 0 unspecified atom stereocenters. The van der Waals surface area contributed by atoms with E-state index in [2.05, 4.69) is 5.32 Å². The van der Waals surface area contributed by atoms with E-state index in [1.807, 2.05) is 71.9 Å². The van der Waals surface area contributed by atoms with Crippen LogP contribution >= 0.6 is 0 Å². The summed E-state index contributed by atoms with van der Waals surface area (Å²) in [6.45, 7) is 11.5. The first-order chi connectivity index (χ1) is 13.0. The van der Waals surface area contributed by atoms with Crippen molar-refractivity contribution in [2.75, 3.05) is 15.9 Å². The first-order valence-electron chi connectivity index (χ1n) is 9.41. The summed E-state index contributed by atoms with van der Waals surface area (Å²) in [6, 6.07) is 8.79. The van der Waals surface area contributed by atoms with Crippen LogP contribution in [-0.4, -0.2) is 26.6 Å². The van der Waals surface area contributed by atoms with Gasteiger partial charge in [0.15, 0.2) is 0 Å². The fourth-order valence-corrected chi connectivity index (χ4v) is 4.84. The minimum absolute atomic E-state index is 0.330. The number of anilines is 2. The third-order valence-corrected chi connectivity index (χ3v) is 6.02. The average molecular weight is 403 g/mol. The highest BCUT2D eigenvalue weighted by Gasteiger charge is 2.32. The highest BCUT2D eigenvalue weighted by atomic mass is 32.2. The molecule has 0 aromatic heterocycles. The van der Waals surface area contributed by atoms with Crippen molar-refractivity contribution >= 4 is 27.3 Å². The number of rotatable bonds is 6. The number of hydrogen-bond acceptors (Lipinski definition) is 3. The minimum Gasteiger partial charge on any atom is -0.324 e. The lowest BCUT2D eigenvalue weighted by atomic mass is 10.0. The van der Waals surface area contributed by atoms with E-state index in [1.165, 1.54) is 4.31 Å². The van der Waals surface area contributed by atoms with Gasteiger partial charge in [0.1, 0.15) is 6.04 Å². The van der Waals surface area contributed by atoms with Crippen LogP contribution in [0.4, 0.5) is 11.4 Å². The van der Waals surface area contributed by atoms with E-state index >= 15 is 0 Å². The van der Waals surface area contributed by atoms with Gasteiger partial charge in [0.05, 0.1) is 11.9 Å². The van der Waals surface area contributed by atoms with Crippen molar-refractivity contribution in [1.82, 2.24) is 0 Å². The third-order valence-electron chi connectivity index (χ3n) is 4.86. The van der Waals surface area contributed by atoms with Crippen LogP contribution in [-0.2, 0) is 14.8 Å². The molecule has 2 rings (SSSR count). The highest BCUT2D eigenvalue weighted by Crippen LogP contribution is 2.29. The molecule has 0 aliphatic heterocycles. The molecular weight excluding hydrogens is 372 g/mol. The van der Waals surface area contributed by atoms with Gasteiger partial charge in [-0.1, -0.05) is 36.8 Å². The number of amides is 1. The van der Waals surface area contributed by atoms with Crippen LogP contribution in [0.3, 0.4) is 0 Å². The predicted molar refractivity (Wildman–Crippen MR) is 117 cm³/mol. The summed E-state index contributed by atoms with van der Waals surface area (Å²) in [4.78, 5) is 13.2. The summed E-state index contributed by atoms with van der Waals surface area (Å²) in [6.07, 6.45) is 1.50. The van der Waals surface area contributed by atoms with Gasteiger partial charge in [-0.3, -0.25) is 9.10 Å². The Morgan fingerprint density at radius 3 is 2.04 bits per heavy atom. The molecule has 152 valence electrons. The molecule has 0 fully saturated rings. The van der Waals surface area contributed by atoms with E-state index in [0.717, 1.165) is 39.8 Å². The standard InChI is InChI=1S/C22H30N2O3S/c1-8-19(22(25)23-21-17(5)11-15(3)12-18(21)6)24(28(7,26)27)20-13-14(2)9-10-16(20)4/h9-13,19H,8H2,1-7H3,(H,23,25)/t19-/m1/s1. The Bertz CT molecular complexity index is 974. The second-order valence-corrected chi connectivity index (χ2v) is 9.40. The maximum Gasteiger partial charge on any atom is 0.248 e. The molecule has 2 aromatic rings. The number of aryl methyl sites for hydroxylation is 5. The van der Waals surface area contributed by atoms with Crippen LogP contribution < -0.4 is 9.62 Å². The van der Waals surface area contributed by atoms with Crippen molar-refractivity contribution in [3.63, 3.8) is 0 Å². The number of nitrogens with zero attached hydrogens (tertiary/aromatic N) is 1. The van der Waals surface area contributed by atoms with Crippen LogP contribution in [0, 0.1) is 34.6 Å². The van der Waals surface area contributed by atoms with Crippen molar-refractivity contribution in [3.05, 3.63) is 58.1 Å².